The van der Waals surface area contributed by atoms with E-state index in [9.17, 15) is 0 Å². The first kappa shape index (κ1) is 15.3. The van der Waals surface area contributed by atoms with Crippen LogP contribution in [0, 0.1) is 0 Å². The molecule has 1 aliphatic rings. The molecule has 1 aromatic rings. The van der Waals surface area contributed by atoms with Crippen LogP contribution in [0.5, 0.6) is 0 Å². The predicted octanol–water partition coefficient (Wildman–Crippen LogP) is 1.80. The number of hydrogen-bond acceptors (Lipinski definition) is 4. The van der Waals surface area contributed by atoms with Gasteiger partial charge in [-0.2, -0.15) is 0 Å². The standard InChI is InChI=1S/C15H28N4O/c1-3-13-12-18(8-6-10-20-2)15(17-13)19-9-5-4-7-14(19)11-16/h12,14H,3-11,16H2,1-2H3. The quantitative estimate of drug-likeness (QED) is 0.774. The van der Waals surface area contributed by atoms with E-state index in [2.05, 4.69) is 22.6 Å². The summed E-state index contributed by atoms with van der Waals surface area (Å²) in [5.41, 5.74) is 7.11. The molecule has 0 bridgehead atoms. The van der Waals surface area contributed by atoms with Crippen molar-refractivity contribution < 1.29 is 4.74 Å². The Bertz CT molecular complexity index is 405. The SMILES string of the molecule is CCc1cn(CCCOC)c(N2CCCCC2CN)n1. The summed E-state index contributed by atoms with van der Waals surface area (Å²) < 4.78 is 7.44. The molecule has 1 fully saturated rings. The van der Waals surface area contributed by atoms with Gasteiger partial charge in [0.25, 0.3) is 0 Å². The van der Waals surface area contributed by atoms with E-state index >= 15 is 0 Å². The Morgan fingerprint density at radius 2 is 2.30 bits per heavy atom. The minimum atomic E-state index is 0.442. The van der Waals surface area contributed by atoms with E-state index in [0.29, 0.717) is 12.6 Å². The molecule has 1 atom stereocenters. The van der Waals surface area contributed by atoms with E-state index in [4.69, 9.17) is 15.5 Å². The first-order valence-electron chi connectivity index (χ1n) is 7.81. The highest BCUT2D eigenvalue weighted by atomic mass is 16.5. The molecular formula is C15H28N4O. The van der Waals surface area contributed by atoms with Gasteiger partial charge in [0.15, 0.2) is 0 Å². The maximum absolute atomic E-state index is 5.94. The molecule has 114 valence electrons. The van der Waals surface area contributed by atoms with Crippen LogP contribution in [-0.4, -0.2) is 42.4 Å². The number of nitrogens with zero attached hydrogens (tertiary/aromatic N) is 3. The fourth-order valence-corrected chi connectivity index (χ4v) is 2.91. The van der Waals surface area contributed by atoms with E-state index in [1.807, 2.05) is 0 Å². The van der Waals surface area contributed by atoms with E-state index < -0.39 is 0 Å². The van der Waals surface area contributed by atoms with E-state index in [-0.39, 0.29) is 0 Å². The van der Waals surface area contributed by atoms with Gasteiger partial charge in [-0.25, -0.2) is 4.98 Å². The van der Waals surface area contributed by atoms with Gasteiger partial charge >= 0.3 is 0 Å². The molecule has 2 rings (SSSR count). The van der Waals surface area contributed by atoms with Crippen molar-refractivity contribution in [1.29, 1.82) is 0 Å². The molecule has 0 spiro atoms. The molecule has 1 aliphatic heterocycles. The highest BCUT2D eigenvalue weighted by Gasteiger charge is 2.25. The zero-order valence-electron chi connectivity index (χ0n) is 12.8. The Hall–Kier alpha value is -1.07. The van der Waals surface area contributed by atoms with Gasteiger partial charge in [-0.05, 0) is 32.1 Å². The number of rotatable bonds is 7. The Balaban J connectivity index is 2.16. The van der Waals surface area contributed by atoms with Crippen LogP contribution in [0.4, 0.5) is 5.95 Å². The number of imidazole rings is 1. The second-order valence-corrected chi connectivity index (χ2v) is 5.50. The van der Waals surface area contributed by atoms with Gasteiger partial charge in [-0.1, -0.05) is 6.92 Å². The van der Waals surface area contributed by atoms with Crippen LogP contribution in [0.3, 0.4) is 0 Å². The van der Waals surface area contributed by atoms with Gasteiger partial charge in [-0.3, -0.25) is 0 Å². The van der Waals surface area contributed by atoms with Crippen molar-refractivity contribution in [3.63, 3.8) is 0 Å². The van der Waals surface area contributed by atoms with Gasteiger partial charge in [-0.15, -0.1) is 0 Å². The second-order valence-electron chi connectivity index (χ2n) is 5.50. The molecule has 2 heterocycles. The summed E-state index contributed by atoms with van der Waals surface area (Å²) >= 11 is 0. The second kappa shape index (κ2) is 7.64. The molecule has 2 N–H and O–H groups in total. The lowest BCUT2D eigenvalue weighted by Gasteiger charge is -2.36. The summed E-state index contributed by atoms with van der Waals surface area (Å²) in [5.74, 6) is 1.10. The number of anilines is 1. The highest BCUT2D eigenvalue weighted by molar-refractivity contribution is 5.36. The molecule has 0 aromatic carbocycles. The molecule has 0 radical (unpaired) electrons. The van der Waals surface area contributed by atoms with Crippen LogP contribution < -0.4 is 10.6 Å². The van der Waals surface area contributed by atoms with Crippen LogP contribution in [0.25, 0.3) is 0 Å². The molecule has 5 heteroatoms. The fourth-order valence-electron chi connectivity index (χ4n) is 2.91. The Kier molecular flexibility index (Phi) is 5.86. The zero-order chi connectivity index (χ0) is 14.4. The first-order valence-corrected chi connectivity index (χ1v) is 7.81. The van der Waals surface area contributed by atoms with Crippen LogP contribution in [0.1, 0.15) is 38.3 Å². The molecule has 1 saturated heterocycles. The number of piperidine rings is 1. The molecule has 0 amide bonds. The summed E-state index contributed by atoms with van der Waals surface area (Å²) in [5, 5.41) is 0. The highest BCUT2D eigenvalue weighted by Crippen LogP contribution is 2.24. The summed E-state index contributed by atoms with van der Waals surface area (Å²) in [4.78, 5) is 7.23. The van der Waals surface area contributed by atoms with E-state index in [1.54, 1.807) is 7.11 Å². The van der Waals surface area contributed by atoms with Gasteiger partial charge in [0.05, 0.1) is 5.69 Å². The summed E-state index contributed by atoms with van der Waals surface area (Å²) in [6, 6.07) is 0.442. The molecular weight excluding hydrogens is 252 g/mol. The van der Waals surface area contributed by atoms with Crippen molar-refractivity contribution in [1.82, 2.24) is 9.55 Å². The first-order chi connectivity index (χ1) is 9.80. The maximum atomic E-state index is 5.94. The molecule has 0 aliphatic carbocycles. The van der Waals surface area contributed by atoms with Crippen LogP contribution >= 0.6 is 0 Å². The lowest BCUT2D eigenvalue weighted by atomic mass is 10.0. The van der Waals surface area contributed by atoms with E-state index in [1.165, 1.54) is 25.0 Å². The lowest BCUT2D eigenvalue weighted by molar-refractivity contribution is 0.190. The van der Waals surface area contributed by atoms with Crippen molar-refractivity contribution in [3.8, 4) is 0 Å². The number of ether oxygens (including phenoxy) is 1. The normalized spacial score (nSPS) is 19.6. The summed E-state index contributed by atoms with van der Waals surface area (Å²) in [7, 11) is 1.75. The van der Waals surface area contributed by atoms with Gasteiger partial charge in [0.2, 0.25) is 5.95 Å². The number of nitrogens with two attached hydrogens (primary N) is 1. The summed E-state index contributed by atoms with van der Waals surface area (Å²) in [6.45, 7) is 5.70. The van der Waals surface area contributed by atoms with Crippen molar-refractivity contribution in [2.75, 3.05) is 31.7 Å². The predicted molar refractivity (Wildman–Crippen MR) is 82.1 cm³/mol. The third-order valence-electron chi connectivity index (χ3n) is 4.07. The van der Waals surface area contributed by atoms with Crippen molar-refractivity contribution in [2.45, 2.75) is 51.6 Å². The van der Waals surface area contributed by atoms with Crippen LogP contribution in [0.15, 0.2) is 6.20 Å². The molecule has 20 heavy (non-hydrogen) atoms. The topological polar surface area (TPSA) is 56.3 Å². The number of aromatic nitrogens is 2. The average molecular weight is 280 g/mol. The fraction of sp³-hybridized carbons (Fsp3) is 0.800. The number of methoxy groups -OCH3 is 1. The Morgan fingerprint density at radius 1 is 1.45 bits per heavy atom. The monoisotopic (exact) mass is 280 g/mol. The lowest BCUT2D eigenvalue weighted by Crippen LogP contribution is -2.45. The van der Waals surface area contributed by atoms with Gasteiger partial charge in [0, 0.05) is 45.6 Å². The molecule has 1 unspecified atom stereocenters. The largest absolute Gasteiger partial charge is 0.385 e. The third kappa shape index (κ3) is 3.52. The van der Waals surface area contributed by atoms with Crippen molar-refractivity contribution in [2.24, 2.45) is 5.73 Å². The maximum Gasteiger partial charge on any atom is 0.206 e. The number of aryl methyl sites for hydroxylation is 2. The van der Waals surface area contributed by atoms with Gasteiger partial charge in [0.1, 0.15) is 0 Å². The van der Waals surface area contributed by atoms with Crippen LogP contribution in [0.2, 0.25) is 0 Å². The summed E-state index contributed by atoms with van der Waals surface area (Å²) in [6.07, 6.45) is 7.89. The van der Waals surface area contributed by atoms with Crippen molar-refractivity contribution >= 4 is 5.95 Å². The third-order valence-corrected chi connectivity index (χ3v) is 4.07. The van der Waals surface area contributed by atoms with Crippen LogP contribution in [-0.2, 0) is 17.7 Å². The molecule has 5 nitrogen and oxygen atoms in total. The van der Waals surface area contributed by atoms with Crippen molar-refractivity contribution in [3.05, 3.63) is 11.9 Å². The smallest absolute Gasteiger partial charge is 0.206 e. The zero-order valence-corrected chi connectivity index (χ0v) is 12.8. The average Bonchev–Trinajstić information content (AvgIpc) is 2.90. The minimum Gasteiger partial charge on any atom is -0.385 e. The molecule has 1 aromatic heterocycles. The Morgan fingerprint density at radius 3 is 3.00 bits per heavy atom. The Labute approximate surface area is 122 Å². The number of hydrogen-bond donors (Lipinski definition) is 1. The van der Waals surface area contributed by atoms with Gasteiger partial charge < -0.3 is 19.9 Å². The molecule has 0 saturated carbocycles. The minimum absolute atomic E-state index is 0.442. The van der Waals surface area contributed by atoms with E-state index in [0.717, 1.165) is 38.5 Å².